The van der Waals surface area contributed by atoms with Crippen LogP contribution in [-0.4, -0.2) is 0 Å². The largest absolute Gasteiger partial charge is 0.0982 e. The number of hydrogen-bond acceptors (Lipinski definition) is 0. The Morgan fingerprint density at radius 2 is 2.00 bits per heavy atom. The van der Waals surface area contributed by atoms with Gasteiger partial charge in [0.05, 0.1) is 0 Å². The molecule has 2 rings (SSSR count). The molecule has 13 heavy (non-hydrogen) atoms. The molecule has 0 radical (unpaired) electrons. The molecular formula is C13H14. The average molecular weight is 170 g/mol. The Hall–Kier alpha value is -1.14. The Morgan fingerprint density at radius 3 is 3.00 bits per heavy atom. The van der Waals surface area contributed by atoms with E-state index in [1.165, 1.54) is 25.7 Å². The molecule has 0 aromatic carbocycles. The van der Waals surface area contributed by atoms with Gasteiger partial charge in [0.1, 0.15) is 0 Å². The van der Waals surface area contributed by atoms with Crippen LogP contribution in [0.15, 0.2) is 12.2 Å². The fourth-order valence-electron chi connectivity index (χ4n) is 2.12. The van der Waals surface area contributed by atoms with Gasteiger partial charge in [0.25, 0.3) is 0 Å². The molecule has 0 amide bonds. The van der Waals surface area contributed by atoms with E-state index in [0.29, 0.717) is 5.92 Å². The van der Waals surface area contributed by atoms with Crippen LogP contribution in [0.4, 0.5) is 0 Å². The third kappa shape index (κ3) is 2.40. The molecule has 2 bridgehead atoms. The molecule has 1 saturated carbocycles. The Kier molecular flexibility index (Phi) is 2.73. The minimum Gasteiger partial charge on any atom is -0.0982 e. The first kappa shape index (κ1) is 8.46. The van der Waals surface area contributed by atoms with Crippen molar-refractivity contribution in [3.05, 3.63) is 12.2 Å². The van der Waals surface area contributed by atoms with Gasteiger partial charge < -0.3 is 0 Å². The summed E-state index contributed by atoms with van der Waals surface area (Å²) in [7, 11) is 0. The zero-order chi connectivity index (χ0) is 8.93. The second-order valence-corrected chi connectivity index (χ2v) is 3.88. The lowest BCUT2D eigenvalue weighted by molar-refractivity contribution is 0.316. The number of fused-ring (bicyclic) bond motifs is 2. The summed E-state index contributed by atoms with van der Waals surface area (Å²) in [6.07, 6.45) is 10.1. The molecule has 66 valence electrons. The highest BCUT2D eigenvalue weighted by Crippen LogP contribution is 2.30. The Labute approximate surface area is 80.4 Å². The lowest BCUT2D eigenvalue weighted by atomic mass is 9.80. The predicted molar refractivity (Wildman–Crippen MR) is 54.8 cm³/mol. The van der Waals surface area contributed by atoms with Crippen molar-refractivity contribution in [2.45, 2.75) is 32.1 Å². The summed E-state index contributed by atoms with van der Waals surface area (Å²) in [4.78, 5) is 0. The number of rotatable bonds is 0. The highest BCUT2D eigenvalue weighted by Gasteiger charge is 2.19. The molecular weight excluding hydrogens is 156 g/mol. The van der Waals surface area contributed by atoms with Crippen LogP contribution in [0.1, 0.15) is 32.1 Å². The standard InChI is InChI=1S/C13H14/c1-2-4-7-12-9-6-10-13(11-12)8-5-3-1/h1-2,12-13H,6,8-11H2. The molecule has 0 heteroatoms. The van der Waals surface area contributed by atoms with E-state index in [9.17, 15) is 0 Å². The van der Waals surface area contributed by atoms with E-state index in [-0.39, 0.29) is 0 Å². The summed E-state index contributed by atoms with van der Waals surface area (Å²) in [6, 6.07) is 0. The molecule has 0 nitrogen and oxygen atoms in total. The summed E-state index contributed by atoms with van der Waals surface area (Å²) < 4.78 is 0. The first-order valence-electron chi connectivity index (χ1n) is 5.09. The molecule has 0 aromatic rings. The van der Waals surface area contributed by atoms with Gasteiger partial charge in [0.15, 0.2) is 0 Å². The number of hydrogen-bond donors (Lipinski definition) is 0. The van der Waals surface area contributed by atoms with Gasteiger partial charge in [-0.2, -0.15) is 0 Å². The second-order valence-electron chi connectivity index (χ2n) is 3.88. The molecule has 0 spiro atoms. The lowest BCUT2D eigenvalue weighted by Crippen LogP contribution is -2.13. The maximum Gasteiger partial charge on any atom is 0.0209 e. The summed E-state index contributed by atoms with van der Waals surface area (Å²) >= 11 is 0. The van der Waals surface area contributed by atoms with Crippen LogP contribution in [0, 0.1) is 35.5 Å². The molecule has 0 aliphatic heterocycles. The molecule has 2 aliphatic rings. The van der Waals surface area contributed by atoms with Gasteiger partial charge in [0.2, 0.25) is 0 Å². The highest BCUT2D eigenvalue weighted by atomic mass is 14.2. The van der Waals surface area contributed by atoms with E-state index >= 15 is 0 Å². The topological polar surface area (TPSA) is 0 Å². The quantitative estimate of drug-likeness (QED) is 0.490. The van der Waals surface area contributed by atoms with Crippen molar-refractivity contribution in [1.29, 1.82) is 0 Å². The molecule has 0 heterocycles. The normalized spacial score (nSPS) is 30.8. The van der Waals surface area contributed by atoms with Crippen LogP contribution in [0.3, 0.4) is 0 Å². The van der Waals surface area contributed by atoms with Gasteiger partial charge in [-0.15, -0.1) is 0 Å². The molecule has 0 N–H and O–H groups in total. The maximum atomic E-state index is 3.32. The van der Waals surface area contributed by atoms with E-state index in [1.54, 1.807) is 0 Å². The van der Waals surface area contributed by atoms with Crippen molar-refractivity contribution in [2.75, 3.05) is 0 Å². The average Bonchev–Trinajstić information content (AvgIpc) is 2.17. The summed E-state index contributed by atoms with van der Waals surface area (Å²) in [5.41, 5.74) is 0. The molecule has 2 unspecified atom stereocenters. The monoisotopic (exact) mass is 170 g/mol. The smallest absolute Gasteiger partial charge is 0.0209 e. The molecule has 2 aliphatic carbocycles. The van der Waals surface area contributed by atoms with Crippen molar-refractivity contribution in [3.8, 4) is 23.7 Å². The van der Waals surface area contributed by atoms with Gasteiger partial charge in [-0.05, 0) is 37.3 Å². The zero-order valence-electron chi connectivity index (χ0n) is 7.84. The van der Waals surface area contributed by atoms with E-state index < -0.39 is 0 Å². The summed E-state index contributed by atoms with van der Waals surface area (Å²) in [5, 5.41) is 0. The molecule has 0 aromatic heterocycles. The fraction of sp³-hybridized carbons (Fsp3) is 0.538. The molecule has 0 saturated heterocycles. The molecule has 1 fully saturated rings. The zero-order valence-corrected chi connectivity index (χ0v) is 7.84. The van der Waals surface area contributed by atoms with Crippen LogP contribution >= 0.6 is 0 Å². The van der Waals surface area contributed by atoms with E-state index in [1.807, 2.05) is 12.2 Å². The predicted octanol–water partition coefficient (Wildman–Crippen LogP) is 2.76. The van der Waals surface area contributed by atoms with Crippen molar-refractivity contribution < 1.29 is 0 Å². The Balaban J connectivity index is 2.14. The maximum absolute atomic E-state index is 3.32. The van der Waals surface area contributed by atoms with Crippen molar-refractivity contribution >= 4 is 0 Å². The van der Waals surface area contributed by atoms with E-state index in [0.717, 1.165) is 12.3 Å². The third-order valence-electron chi connectivity index (χ3n) is 2.81. The van der Waals surface area contributed by atoms with Crippen LogP contribution in [0.25, 0.3) is 0 Å². The van der Waals surface area contributed by atoms with Crippen molar-refractivity contribution in [2.24, 2.45) is 11.8 Å². The van der Waals surface area contributed by atoms with Crippen molar-refractivity contribution in [3.63, 3.8) is 0 Å². The van der Waals surface area contributed by atoms with E-state index in [2.05, 4.69) is 23.7 Å². The fourth-order valence-corrected chi connectivity index (χ4v) is 2.12. The SMILES string of the molecule is C1#CCC2CCCC(C#CC=C1)C2. The Bertz CT molecular complexity index is 313. The minimum absolute atomic E-state index is 0.642. The van der Waals surface area contributed by atoms with Gasteiger partial charge in [-0.3, -0.25) is 0 Å². The Morgan fingerprint density at radius 1 is 1.08 bits per heavy atom. The van der Waals surface area contributed by atoms with Gasteiger partial charge >= 0.3 is 0 Å². The minimum atomic E-state index is 0.642. The third-order valence-corrected chi connectivity index (χ3v) is 2.81. The number of allylic oxidation sites excluding steroid dienone is 2. The first-order valence-corrected chi connectivity index (χ1v) is 5.09. The first-order chi connectivity index (χ1) is 6.45. The second kappa shape index (κ2) is 4.20. The van der Waals surface area contributed by atoms with Crippen LogP contribution in [-0.2, 0) is 0 Å². The lowest BCUT2D eigenvalue weighted by Gasteiger charge is -2.24. The highest BCUT2D eigenvalue weighted by molar-refractivity contribution is 5.26. The van der Waals surface area contributed by atoms with Gasteiger partial charge in [-0.1, -0.05) is 30.1 Å². The van der Waals surface area contributed by atoms with Crippen LogP contribution < -0.4 is 0 Å². The van der Waals surface area contributed by atoms with E-state index in [4.69, 9.17) is 0 Å². The summed E-state index contributed by atoms with van der Waals surface area (Å²) in [5.74, 6) is 14.1. The summed E-state index contributed by atoms with van der Waals surface area (Å²) in [6.45, 7) is 0. The van der Waals surface area contributed by atoms with Crippen LogP contribution in [0.5, 0.6) is 0 Å². The van der Waals surface area contributed by atoms with Gasteiger partial charge in [-0.25, -0.2) is 0 Å². The van der Waals surface area contributed by atoms with Crippen LogP contribution in [0.2, 0.25) is 0 Å². The van der Waals surface area contributed by atoms with Gasteiger partial charge in [0, 0.05) is 12.3 Å². The van der Waals surface area contributed by atoms with Crippen molar-refractivity contribution in [1.82, 2.24) is 0 Å². The molecule has 2 atom stereocenters.